The fourth-order valence-corrected chi connectivity index (χ4v) is 2.71. The van der Waals surface area contributed by atoms with Crippen LogP contribution in [0.3, 0.4) is 0 Å². The Balaban J connectivity index is 3.40. The van der Waals surface area contributed by atoms with E-state index in [1.165, 1.54) is 18.4 Å². The summed E-state index contributed by atoms with van der Waals surface area (Å²) in [4.78, 5) is 0. The zero-order valence-corrected chi connectivity index (χ0v) is 12.9. The molecular weight excluding hydrogens is 265 g/mol. The van der Waals surface area contributed by atoms with Gasteiger partial charge >= 0.3 is 0 Å². The highest BCUT2D eigenvalue weighted by atomic mass is 32.2. The second kappa shape index (κ2) is 5.59. The summed E-state index contributed by atoms with van der Waals surface area (Å²) in [6.07, 6.45) is 1.21. The monoisotopic (exact) mass is 287 g/mol. The summed E-state index contributed by atoms with van der Waals surface area (Å²) in [6, 6.07) is 4.03. The van der Waals surface area contributed by atoms with Crippen LogP contribution < -0.4 is 5.32 Å². The number of hydrogen-bond donors (Lipinski definition) is 1. The number of nitrogens with one attached hydrogen (secondary N) is 1. The Hall–Kier alpha value is -0.940. The van der Waals surface area contributed by atoms with Crippen molar-refractivity contribution < 1.29 is 12.8 Å². The zero-order chi connectivity index (χ0) is 14.8. The Morgan fingerprint density at radius 3 is 2.42 bits per heavy atom. The average Bonchev–Trinajstić information content (AvgIpc) is 2.28. The average molecular weight is 287 g/mol. The van der Waals surface area contributed by atoms with Crippen molar-refractivity contribution >= 4 is 9.84 Å². The van der Waals surface area contributed by atoms with E-state index in [1.54, 1.807) is 19.9 Å². The first-order valence-corrected chi connectivity index (χ1v) is 8.19. The van der Waals surface area contributed by atoms with Gasteiger partial charge in [-0.3, -0.25) is 0 Å². The maximum atomic E-state index is 13.5. The van der Waals surface area contributed by atoms with Crippen molar-refractivity contribution in [3.63, 3.8) is 0 Å². The normalized spacial score (nSPS) is 14.4. The van der Waals surface area contributed by atoms with Crippen LogP contribution in [0.5, 0.6) is 0 Å². The third kappa shape index (κ3) is 3.34. The number of aryl methyl sites for hydroxylation is 1. The largest absolute Gasteiger partial charge is 0.309 e. The van der Waals surface area contributed by atoms with Gasteiger partial charge in [-0.05, 0) is 50.6 Å². The Bertz CT molecular complexity index is 553. The van der Waals surface area contributed by atoms with Crippen LogP contribution in [0.2, 0.25) is 0 Å². The molecule has 0 saturated heterocycles. The minimum atomic E-state index is -3.29. The van der Waals surface area contributed by atoms with Crippen molar-refractivity contribution in [2.24, 2.45) is 0 Å². The first-order valence-electron chi connectivity index (χ1n) is 6.30. The van der Waals surface area contributed by atoms with Crippen LogP contribution in [0, 0.1) is 12.7 Å². The smallest absolute Gasteiger partial charge is 0.154 e. The molecule has 108 valence electrons. The van der Waals surface area contributed by atoms with Gasteiger partial charge in [0.1, 0.15) is 5.82 Å². The Morgan fingerprint density at radius 2 is 1.95 bits per heavy atom. The zero-order valence-electron chi connectivity index (χ0n) is 12.1. The summed E-state index contributed by atoms with van der Waals surface area (Å²) in [5, 5.41) is 3.17. The molecule has 0 aliphatic carbocycles. The molecule has 3 nitrogen and oxygen atoms in total. The van der Waals surface area contributed by atoms with Crippen molar-refractivity contribution in [1.82, 2.24) is 5.32 Å². The molecule has 1 aromatic rings. The summed E-state index contributed by atoms with van der Waals surface area (Å²) in [5.41, 5.74) is 1.57. The van der Waals surface area contributed by atoms with E-state index in [4.69, 9.17) is 0 Å². The molecule has 0 bridgehead atoms. The molecule has 19 heavy (non-hydrogen) atoms. The van der Waals surface area contributed by atoms with Crippen LogP contribution in [0.25, 0.3) is 0 Å². The van der Waals surface area contributed by atoms with Crippen molar-refractivity contribution in [2.45, 2.75) is 38.5 Å². The standard InChI is InChI=1S/C14H22FNO2S/c1-6-16-13(14(3,4)19(5,17)18)12-9-11(15)8-7-10(12)2/h7-9,13,16H,6H2,1-5H3. The van der Waals surface area contributed by atoms with Gasteiger partial charge in [0, 0.05) is 6.26 Å². The van der Waals surface area contributed by atoms with Gasteiger partial charge in [-0.15, -0.1) is 0 Å². The molecule has 1 N–H and O–H groups in total. The van der Waals surface area contributed by atoms with Gasteiger partial charge in [0.2, 0.25) is 0 Å². The molecule has 5 heteroatoms. The van der Waals surface area contributed by atoms with E-state index in [0.717, 1.165) is 5.56 Å². The van der Waals surface area contributed by atoms with Crippen molar-refractivity contribution in [3.05, 3.63) is 35.1 Å². The van der Waals surface area contributed by atoms with E-state index >= 15 is 0 Å². The number of sulfone groups is 1. The second-order valence-electron chi connectivity index (χ2n) is 5.37. The van der Waals surface area contributed by atoms with Gasteiger partial charge in [-0.2, -0.15) is 0 Å². The summed E-state index contributed by atoms with van der Waals surface area (Å²) < 4.78 is 36.5. The predicted octanol–water partition coefficient (Wildman–Crippen LogP) is 2.61. The minimum absolute atomic E-state index is 0.354. The first-order chi connectivity index (χ1) is 8.61. The number of rotatable bonds is 5. The maximum absolute atomic E-state index is 13.5. The molecule has 0 amide bonds. The van der Waals surface area contributed by atoms with Crippen LogP contribution in [0.1, 0.15) is 37.9 Å². The first kappa shape index (κ1) is 16.1. The molecule has 0 saturated carbocycles. The van der Waals surface area contributed by atoms with Crippen molar-refractivity contribution in [2.75, 3.05) is 12.8 Å². The molecule has 1 rings (SSSR count). The third-order valence-electron chi connectivity index (χ3n) is 3.61. The summed E-state index contributed by atoms with van der Waals surface area (Å²) in [5.74, 6) is -0.354. The van der Waals surface area contributed by atoms with Gasteiger partial charge in [-0.25, -0.2) is 12.8 Å². The number of hydrogen-bond acceptors (Lipinski definition) is 3. The summed E-state index contributed by atoms with van der Waals surface area (Å²) >= 11 is 0. The fraction of sp³-hybridized carbons (Fsp3) is 0.571. The highest BCUT2D eigenvalue weighted by molar-refractivity contribution is 7.92. The molecule has 0 fully saturated rings. The van der Waals surface area contributed by atoms with Gasteiger partial charge in [-0.1, -0.05) is 13.0 Å². The highest BCUT2D eigenvalue weighted by Gasteiger charge is 2.40. The molecule has 0 spiro atoms. The Labute approximate surface area is 115 Å². The van der Waals surface area contributed by atoms with E-state index in [2.05, 4.69) is 5.32 Å². The lowest BCUT2D eigenvalue weighted by atomic mass is 9.91. The lowest BCUT2D eigenvalue weighted by molar-refractivity contribution is 0.425. The third-order valence-corrected chi connectivity index (χ3v) is 5.76. The summed E-state index contributed by atoms with van der Waals surface area (Å²) in [6.45, 7) is 7.71. The highest BCUT2D eigenvalue weighted by Crippen LogP contribution is 2.34. The molecule has 0 aliphatic rings. The molecule has 0 heterocycles. The predicted molar refractivity (Wildman–Crippen MR) is 76.5 cm³/mol. The fourth-order valence-electron chi connectivity index (χ4n) is 2.07. The van der Waals surface area contributed by atoms with E-state index in [0.29, 0.717) is 12.1 Å². The van der Waals surface area contributed by atoms with E-state index in [1.807, 2.05) is 13.8 Å². The lowest BCUT2D eigenvalue weighted by Gasteiger charge is -2.34. The molecule has 1 atom stereocenters. The van der Waals surface area contributed by atoms with Crippen molar-refractivity contribution in [3.8, 4) is 0 Å². The van der Waals surface area contributed by atoms with Crippen LogP contribution in [0.15, 0.2) is 18.2 Å². The molecule has 0 aromatic heterocycles. The van der Waals surface area contributed by atoms with Gasteiger partial charge in [0.05, 0.1) is 10.8 Å². The molecule has 1 aromatic carbocycles. The SMILES string of the molecule is CCNC(c1cc(F)ccc1C)C(C)(C)S(C)(=O)=O. The maximum Gasteiger partial charge on any atom is 0.154 e. The number of benzene rings is 1. The van der Waals surface area contributed by atoms with Crippen LogP contribution in [-0.2, 0) is 9.84 Å². The van der Waals surface area contributed by atoms with Gasteiger partial charge < -0.3 is 5.32 Å². The molecule has 0 radical (unpaired) electrons. The molecule has 1 unspecified atom stereocenters. The summed E-state index contributed by atoms with van der Waals surface area (Å²) in [7, 11) is -3.29. The quantitative estimate of drug-likeness (QED) is 0.905. The molecular formula is C14H22FNO2S. The van der Waals surface area contributed by atoms with Gasteiger partial charge in [0.25, 0.3) is 0 Å². The number of halogens is 1. The minimum Gasteiger partial charge on any atom is -0.309 e. The van der Waals surface area contributed by atoms with Crippen LogP contribution >= 0.6 is 0 Å². The lowest BCUT2D eigenvalue weighted by Crippen LogP contribution is -2.45. The van der Waals surface area contributed by atoms with Crippen molar-refractivity contribution in [1.29, 1.82) is 0 Å². The molecule has 0 aliphatic heterocycles. The van der Waals surface area contributed by atoms with E-state index in [9.17, 15) is 12.8 Å². The van der Waals surface area contributed by atoms with Crippen LogP contribution in [0.4, 0.5) is 4.39 Å². The van der Waals surface area contributed by atoms with Gasteiger partial charge in [0.15, 0.2) is 9.84 Å². The van der Waals surface area contributed by atoms with Crippen LogP contribution in [-0.4, -0.2) is 26.0 Å². The Kier molecular flexibility index (Phi) is 4.74. The van der Waals surface area contributed by atoms with E-state index in [-0.39, 0.29) is 5.82 Å². The Morgan fingerprint density at radius 1 is 1.37 bits per heavy atom. The topological polar surface area (TPSA) is 46.2 Å². The second-order valence-corrected chi connectivity index (χ2v) is 7.96. The van der Waals surface area contributed by atoms with E-state index < -0.39 is 20.6 Å².